The SMILES string of the molecule is C[C@H](OC(=O)CN1C(=O)N[C@]2(CCCC[C@H]2C)C1=O)C(=O)Nc1ccc2c(c1)CCC2. The van der Waals surface area contributed by atoms with Crippen LogP contribution in [0.2, 0.25) is 0 Å². The maximum Gasteiger partial charge on any atom is 0.327 e. The van der Waals surface area contributed by atoms with Gasteiger partial charge in [-0.15, -0.1) is 0 Å². The number of ether oxygens (including phenoxy) is 1. The van der Waals surface area contributed by atoms with Crippen LogP contribution in [0.4, 0.5) is 10.5 Å². The van der Waals surface area contributed by atoms with E-state index in [1.54, 1.807) is 0 Å². The van der Waals surface area contributed by atoms with Gasteiger partial charge in [-0.25, -0.2) is 4.79 Å². The van der Waals surface area contributed by atoms with Gasteiger partial charge in [-0.05, 0) is 68.2 Å². The molecule has 0 aromatic heterocycles. The molecular weight excluding hydrogens is 398 g/mol. The van der Waals surface area contributed by atoms with Crippen LogP contribution in [-0.2, 0) is 32.0 Å². The number of urea groups is 1. The van der Waals surface area contributed by atoms with Crippen LogP contribution in [0.25, 0.3) is 0 Å². The van der Waals surface area contributed by atoms with Crippen molar-refractivity contribution in [2.75, 3.05) is 11.9 Å². The molecule has 1 heterocycles. The summed E-state index contributed by atoms with van der Waals surface area (Å²) in [6.45, 7) is 2.91. The third-order valence-corrected chi connectivity index (χ3v) is 6.83. The van der Waals surface area contributed by atoms with Gasteiger partial charge in [0.2, 0.25) is 0 Å². The molecule has 0 bridgehead atoms. The summed E-state index contributed by atoms with van der Waals surface area (Å²) in [5.74, 6) is -1.62. The van der Waals surface area contributed by atoms with E-state index in [0.29, 0.717) is 12.1 Å². The van der Waals surface area contributed by atoms with Crippen molar-refractivity contribution < 1.29 is 23.9 Å². The molecule has 1 saturated carbocycles. The Bertz CT molecular complexity index is 930. The number of carbonyl (C=O) groups excluding carboxylic acids is 4. The maximum atomic E-state index is 12.9. The third-order valence-electron chi connectivity index (χ3n) is 6.83. The Morgan fingerprint density at radius 1 is 1.23 bits per heavy atom. The van der Waals surface area contributed by atoms with Crippen LogP contribution >= 0.6 is 0 Å². The Kier molecular flexibility index (Phi) is 5.73. The van der Waals surface area contributed by atoms with Crippen LogP contribution in [0.1, 0.15) is 57.1 Å². The molecule has 1 saturated heterocycles. The summed E-state index contributed by atoms with van der Waals surface area (Å²) in [4.78, 5) is 51.1. The van der Waals surface area contributed by atoms with Gasteiger partial charge < -0.3 is 15.4 Å². The van der Waals surface area contributed by atoms with Crippen molar-refractivity contribution in [2.45, 2.75) is 70.4 Å². The Labute approximate surface area is 181 Å². The number of esters is 1. The van der Waals surface area contributed by atoms with Crippen LogP contribution < -0.4 is 10.6 Å². The zero-order valence-corrected chi connectivity index (χ0v) is 18.0. The van der Waals surface area contributed by atoms with Gasteiger partial charge in [0, 0.05) is 5.69 Å². The zero-order valence-electron chi connectivity index (χ0n) is 18.0. The molecule has 4 rings (SSSR count). The predicted molar refractivity (Wildman–Crippen MR) is 113 cm³/mol. The number of nitrogens with one attached hydrogen (secondary N) is 2. The average molecular weight is 428 g/mol. The largest absolute Gasteiger partial charge is 0.451 e. The molecule has 2 N–H and O–H groups in total. The molecule has 1 aromatic carbocycles. The molecule has 4 amide bonds. The molecule has 8 nitrogen and oxygen atoms in total. The first-order chi connectivity index (χ1) is 14.8. The van der Waals surface area contributed by atoms with E-state index in [0.717, 1.165) is 43.4 Å². The van der Waals surface area contributed by atoms with Crippen LogP contribution in [0, 0.1) is 5.92 Å². The molecule has 3 atom stereocenters. The van der Waals surface area contributed by atoms with E-state index < -0.39 is 36.1 Å². The second-order valence-corrected chi connectivity index (χ2v) is 8.90. The lowest BCUT2D eigenvalue weighted by Crippen LogP contribution is -2.54. The van der Waals surface area contributed by atoms with Crippen molar-refractivity contribution in [3.8, 4) is 0 Å². The number of carbonyl (C=O) groups is 4. The maximum absolute atomic E-state index is 12.9. The number of hydrogen-bond donors (Lipinski definition) is 2. The number of hydrogen-bond acceptors (Lipinski definition) is 5. The van der Waals surface area contributed by atoms with Gasteiger partial charge in [-0.1, -0.05) is 25.8 Å². The van der Waals surface area contributed by atoms with E-state index in [2.05, 4.69) is 10.6 Å². The number of fused-ring (bicyclic) bond motifs is 1. The van der Waals surface area contributed by atoms with Crippen molar-refractivity contribution >= 4 is 29.5 Å². The van der Waals surface area contributed by atoms with Gasteiger partial charge >= 0.3 is 12.0 Å². The summed E-state index contributed by atoms with van der Waals surface area (Å²) < 4.78 is 5.21. The molecule has 31 heavy (non-hydrogen) atoms. The van der Waals surface area contributed by atoms with Gasteiger partial charge in [0.15, 0.2) is 6.10 Å². The van der Waals surface area contributed by atoms with E-state index in [9.17, 15) is 19.2 Å². The van der Waals surface area contributed by atoms with Gasteiger partial charge in [-0.2, -0.15) is 0 Å². The summed E-state index contributed by atoms with van der Waals surface area (Å²) in [6, 6.07) is 5.22. The first kappa shape index (κ1) is 21.3. The number of nitrogens with zero attached hydrogens (tertiary/aromatic N) is 1. The highest BCUT2D eigenvalue weighted by Crippen LogP contribution is 2.38. The van der Waals surface area contributed by atoms with Gasteiger partial charge in [-0.3, -0.25) is 19.3 Å². The predicted octanol–water partition coefficient (Wildman–Crippen LogP) is 2.55. The number of aryl methyl sites for hydroxylation is 2. The van der Waals surface area contributed by atoms with Gasteiger partial charge in [0.25, 0.3) is 11.8 Å². The molecular formula is C23H29N3O5. The van der Waals surface area contributed by atoms with E-state index in [1.807, 2.05) is 25.1 Å². The third kappa shape index (κ3) is 4.03. The summed E-state index contributed by atoms with van der Waals surface area (Å²) in [5.41, 5.74) is 2.27. The number of anilines is 1. The van der Waals surface area contributed by atoms with E-state index in [-0.39, 0.29) is 11.8 Å². The first-order valence-corrected chi connectivity index (χ1v) is 11.1. The van der Waals surface area contributed by atoms with E-state index >= 15 is 0 Å². The highest BCUT2D eigenvalue weighted by atomic mass is 16.5. The quantitative estimate of drug-likeness (QED) is 0.555. The zero-order chi connectivity index (χ0) is 22.2. The molecule has 3 aliphatic rings. The standard InChI is InChI=1S/C23H29N3O5/c1-14-6-3-4-11-23(14)21(29)26(22(30)25-23)13-19(27)31-15(2)20(28)24-18-10-9-16-7-5-8-17(16)12-18/h9-10,12,14-15H,3-8,11,13H2,1-2H3,(H,24,28)(H,25,30)/t14-,15+,23+/m1/s1. The lowest BCUT2D eigenvalue weighted by Gasteiger charge is -2.36. The lowest BCUT2D eigenvalue weighted by atomic mass is 9.73. The van der Waals surface area contributed by atoms with Gasteiger partial charge in [0.05, 0.1) is 0 Å². The molecule has 166 valence electrons. The van der Waals surface area contributed by atoms with Crippen molar-refractivity contribution in [2.24, 2.45) is 5.92 Å². The minimum absolute atomic E-state index is 0.00995. The Balaban J connectivity index is 1.33. The molecule has 0 radical (unpaired) electrons. The lowest BCUT2D eigenvalue weighted by molar-refractivity contribution is -0.155. The second-order valence-electron chi connectivity index (χ2n) is 8.90. The molecule has 0 unspecified atom stereocenters. The Morgan fingerprint density at radius 2 is 2.00 bits per heavy atom. The monoisotopic (exact) mass is 427 g/mol. The average Bonchev–Trinajstić information content (AvgIpc) is 3.28. The Hall–Kier alpha value is -2.90. The fourth-order valence-corrected chi connectivity index (χ4v) is 4.95. The smallest absolute Gasteiger partial charge is 0.327 e. The second kappa shape index (κ2) is 8.32. The van der Waals surface area contributed by atoms with E-state index in [4.69, 9.17) is 4.74 Å². The minimum atomic E-state index is -1.05. The van der Waals surface area contributed by atoms with Crippen molar-refractivity contribution in [1.82, 2.24) is 10.2 Å². The van der Waals surface area contributed by atoms with Crippen LogP contribution in [0.15, 0.2) is 18.2 Å². The normalized spacial score (nSPS) is 25.9. The van der Waals surface area contributed by atoms with Crippen molar-refractivity contribution in [3.63, 3.8) is 0 Å². The number of benzene rings is 1. The minimum Gasteiger partial charge on any atom is -0.451 e. The molecule has 8 heteroatoms. The molecule has 1 spiro atoms. The highest BCUT2D eigenvalue weighted by molar-refractivity contribution is 6.09. The molecule has 1 aliphatic heterocycles. The molecule has 2 fully saturated rings. The molecule has 2 aliphatic carbocycles. The number of rotatable bonds is 5. The van der Waals surface area contributed by atoms with Gasteiger partial charge in [0.1, 0.15) is 12.1 Å². The summed E-state index contributed by atoms with van der Waals surface area (Å²) >= 11 is 0. The fraction of sp³-hybridized carbons (Fsp3) is 0.565. The summed E-state index contributed by atoms with van der Waals surface area (Å²) in [7, 11) is 0. The Morgan fingerprint density at radius 3 is 2.77 bits per heavy atom. The number of amides is 4. The van der Waals surface area contributed by atoms with E-state index in [1.165, 1.54) is 18.1 Å². The van der Waals surface area contributed by atoms with Crippen LogP contribution in [-0.4, -0.2) is 46.9 Å². The number of imide groups is 1. The summed E-state index contributed by atoms with van der Waals surface area (Å²) in [6.07, 6.45) is 5.41. The van der Waals surface area contributed by atoms with Crippen LogP contribution in [0.3, 0.4) is 0 Å². The van der Waals surface area contributed by atoms with Crippen molar-refractivity contribution in [1.29, 1.82) is 0 Å². The van der Waals surface area contributed by atoms with Crippen molar-refractivity contribution in [3.05, 3.63) is 29.3 Å². The van der Waals surface area contributed by atoms with Crippen LogP contribution in [0.5, 0.6) is 0 Å². The molecule has 1 aromatic rings. The topological polar surface area (TPSA) is 105 Å². The first-order valence-electron chi connectivity index (χ1n) is 11.1. The summed E-state index contributed by atoms with van der Waals surface area (Å²) in [5, 5.41) is 5.57. The highest BCUT2D eigenvalue weighted by Gasteiger charge is 2.55. The fourth-order valence-electron chi connectivity index (χ4n) is 4.95.